The zero-order valence-corrected chi connectivity index (χ0v) is 25.9. The summed E-state index contributed by atoms with van der Waals surface area (Å²) in [5, 5.41) is 0.442. The highest BCUT2D eigenvalue weighted by Gasteiger charge is 2.34. The molecule has 1 saturated heterocycles. The second-order valence-electron chi connectivity index (χ2n) is 11.5. The first-order valence-corrected chi connectivity index (χ1v) is 16.0. The highest BCUT2D eigenvalue weighted by atomic mass is 32.2. The molecule has 3 aromatic carbocycles. The van der Waals surface area contributed by atoms with Crippen molar-refractivity contribution in [1.82, 2.24) is 9.21 Å². The van der Waals surface area contributed by atoms with Crippen molar-refractivity contribution in [2.24, 2.45) is 0 Å². The maximum atomic E-state index is 14.2. The molecule has 43 heavy (non-hydrogen) atoms. The van der Waals surface area contributed by atoms with E-state index >= 15 is 0 Å². The molecule has 1 aromatic heterocycles. The van der Waals surface area contributed by atoms with Gasteiger partial charge < -0.3 is 14.1 Å². The second kappa shape index (κ2) is 12.8. The van der Waals surface area contributed by atoms with Crippen molar-refractivity contribution < 1.29 is 22.4 Å². The van der Waals surface area contributed by atoms with Crippen LogP contribution in [0.5, 0.6) is 0 Å². The molecule has 5 rings (SSSR count). The Morgan fingerprint density at radius 1 is 0.930 bits per heavy atom. The largest absolute Gasteiger partial charge is 0.464 e. The van der Waals surface area contributed by atoms with Gasteiger partial charge in [0.05, 0.1) is 41.3 Å². The molecule has 226 valence electrons. The van der Waals surface area contributed by atoms with Crippen LogP contribution in [0.4, 0.5) is 0 Å². The van der Waals surface area contributed by atoms with Gasteiger partial charge in [-0.1, -0.05) is 59.7 Å². The van der Waals surface area contributed by atoms with E-state index in [-0.39, 0.29) is 42.6 Å². The molecule has 1 unspecified atom stereocenters. The summed E-state index contributed by atoms with van der Waals surface area (Å²) >= 11 is 0. The van der Waals surface area contributed by atoms with E-state index in [9.17, 15) is 18.0 Å². The molecule has 1 aliphatic heterocycles. The number of hydrogen-bond acceptors (Lipinski definition) is 6. The van der Waals surface area contributed by atoms with Crippen LogP contribution in [0, 0.1) is 27.7 Å². The SMILES string of the molecule is Cc1cc(C)c(S(=O)(=O)N(CC(=O)N(Cc2ccccc2)Cc2coc3ccc(C)cc3c2=O)CC2CCCO2)c(C)c1. The van der Waals surface area contributed by atoms with Crippen LogP contribution in [0.1, 0.15) is 46.2 Å². The molecular weight excluding hydrogens is 564 g/mol. The molecule has 1 amide bonds. The first-order chi connectivity index (χ1) is 20.5. The number of hydrogen-bond donors (Lipinski definition) is 0. The lowest BCUT2D eigenvalue weighted by molar-refractivity contribution is -0.132. The molecule has 9 heteroatoms. The van der Waals surface area contributed by atoms with Gasteiger partial charge in [0.2, 0.25) is 15.9 Å². The van der Waals surface area contributed by atoms with Crippen molar-refractivity contribution in [2.75, 3.05) is 19.7 Å². The minimum atomic E-state index is -4.06. The fourth-order valence-electron chi connectivity index (χ4n) is 5.85. The van der Waals surface area contributed by atoms with E-state index in [1.165, 1.54) is 15.5 Å². The average Bonchev–Trinajstić information content (AvgIpc) is 3.47. The summed E-state index contributed by atoms with van der Waals surface area (Å²) in [5.74, 6) is -0.420. The van der Waals surface area contributed by atoms with Gasteiger partial charge in [-0.2, -0.15) is 4.31 Å². The minimum Gasteiger partial charge on any atom is -0.464 e. The number of benzene rings is 3. The summed E-state index contributed by atoms with van der Waals surface area (Å²) in [6.07, 6.45) is 2.65. The molecule has 2 heterocycles. The number of nitrogens with zero attached hydrogens (tertiary/aromatic N) is 2. The molecule has 1 fully saturated rings. The van der Waals surface area contributed by atoms with Crippen LogP contribution in [-0.2, 0) is 32.6 Å². The normalized spacial score (nSPS) is 15.3. The number of carbonyl (C=O) groups excluding carboxylic acids is 1. The van der Waals surface area contributed by atoms with Gasteiger partial charge in [0.15, 0.2) is 5.43 Å². The zero-order valence-electron chi connectivity index (χ0n) is 25.1. The number of rotatable bonds is 10. The summed E-state index contributed by atoms with van der Waals surface area (Å²) in [6.45, 7) is 7.79. The predicted molar refractivity (Wildman–Crippen MR) is 166 cm³/mol. The Bertz CT molecular complexity index is 1770. The first-order valence-electron chi connectivity index (χ1n) is 14.6. The van der Waals surface area contributed by atoms with Crippen LogP contribution in [0.25, 0.3) is 11.0 Å². The van der Waals surface area contributed by atoms with Crippen molar-refractivity contribution in [2.45, 2.75) is 64.6 Å². The minimum absolute atomic E-state index is 0.0314. The smallest absolute Gasteiger partial charge is 0.244 e. The quantitative estimate of drug-likeness (QED) is 0.240. The van der Waals surface area contributed by atoms with Crippen LogP contribution >= 0.6 is 0 Å². The molecule has 0 bridgehead atoms. The monoisotopic (exact) mass is 602 g/mol. The second-order valence-corrected chi connectivity index (χ2v) is 13.4. The Hall–Kier alpha value is -3.79. The van der Waals surface area contributed by atoms with Crippen molar-refractivity contribution in [3.8, 4) is 0 Å². The van der Waals surface area contributed by atoms with Crippen molar-refractivity contribution >= 4 is 26.9 Å². The maximum Gasteiger partial charge on any atom is 0.244 e. The molecule has 0 radical (unpaired) electrons. The van der Waals surface area contributed by atoms with E-state index in [0.717, 1.165) is 29.5 Å². The molecule has 0 saturated carbocycles. The van der Waals surface area contributed by atoms with Crippen molar-refractivity contribution in [3.63, 3.8) is 0 Å². The Kier molecular flexibility index (Phi) is 9.15. The molecule has 1 atom stereocenters. The lowest BCUT2D eigenvalue weighted by Crippen LogP contribution is -2.45. The lowest BCUT2D eigenvalue weighted by atomic mass is 10.1. The van der Waals surface area contributed by atoms with Crippen molar-refractivity contribution in [1.29, 1.82) is 0 Å². The number of sulfonamides is 1. The molecule has 0 spiro atoms. The van der Waals surface area contributed by atoms with E-state index in [0.29, 0.717) is 34.3 Å². The standard InChI is InChI=1S/C34H38N2O6S/c1-23-12-13-31-30(17-23)33(38)28(22-42-31)19-35(18-27-9-6-5-7-10-27)32(37)21-36(20-29-11-8-14-41-29)43(39,40)34-25(3)15-24(2)16-26(34)4/h5-7,9-10,12-13,15-17,22,29H,8,11,14,18-21H2,1-4H3. The van der Waals surface area contributed by atoms with E-state index in [1.54, 1.807) is 26.0 Å². The molecule has 0 aliphatic carbocycles. The Balaban J connectivity index is 1.51. The summed E-state index contributed by atoms with van der Waals surface area (Å²) < 4.78 is 41.3. The summed E-state index contributed by atoms with van der Waals surface area (Å²) in [6, 6.07) is 18.5. The number of carbonyl (C=O) groups is 1. The fourth-order valence-corrected chi connectivity index (χ4v) is 7.69. The number of amides is 1. The third kappa shape index (κ3) is 6.90. The van der Waals surface area contributed by atoms with E-state index < -0.39 is 15.9 Å². The van der Waals surface area contributed by atoms with Crippen LogP contribution in [0.2, 0.25) is 0 Å². The number of aryl methyl sites for hydroxylation is 4. The van der Waals surface area contributed by atoms with E-state index in [2.05, 4.69) is 0 Å². The maximum absolute atomic E-state index is 14.2. The van der Waals surface area contributed by atoms with Gasteiger partial charge in [-0.15, -0.1) is 0 Å². The Labute approximate surface area is 252 Å². The highest BCUT2D eigenvalue weighted by molar-refractivity contribution is 7.89. The van der Waals surface area contributed by atoms with E-state index in [4.69, 9.17) is 9.15 Å². The fraction of sp³-hybridized carbons (Fsp3) is 0.353. The third-order valence-electron chi connectivity index (χ3n) is 7.88. The topological polar surface area (TPSA) is 97.1 Å². The van der Waals surface area contributed by atoms with Crippen LogP contribution in [0.3, 0.4) is 0 Å². The van der Waals surface area contributed by atoms with Crippen LogP contribution < -0.4 is 5.43 Å². The average molecular weight is 603 g/mol. The van der Waals surface area contributed by atoms with Crippen LogP contribution in [-0.4, -0.2) is 49.3 Å². The molecule has 8 nitrogen and oxygen atoms in total. The molecule has 1 aliphatic rings. The van der Waals surface area contributed by atoms with Gasteiger partial charge in [-0.3, -0.25) is 9.59 Å². The molecule has 4 aromatic rings. The van der Waals surface area contributed by atoms with Gasteiger partial charge in [-0.25, -0.2) is 8.42 Å². The summed E-state index contributed by atoms with van der Waals surface area (Å²) in [5.41, 5.74) is 4.58. The Morgan fingerprint density at radius 2 is 1.65 bits per heavy atom. The third-order valence-corrected chi connectivity index (χ3v) is 9.99. The zero-order chi connectivity index (χ0) is 30.7. The highest BCUT2D eigenvalue weighted by Crippen LogP contribution is 2.27. The first kappa shape index (κ1) is 30.7. The van der Waals surface area contributed by atoms with Gasteiger partial charge in [-0.05, 0) is 69.4 Å². The Morgan fingerprint density at radius 3 is 2.33 bits per heavy atom. The van der Waals surface area contributed by atoms with Gasteiger partial charge in [0.25, 0.3) is 0 Å². The van der Waals surface area contributed by atoms with Crippen LogP contribution in [0.15, 0.2) is 81.0 Å². The van der Waals surface area contributed by atoms with Crippen molar-refractivity contribution in [3.05, 3.63) is 111 Å². The molecular formula is C34H38N2O6S. The number of fused-ring (bicyclic) bond motifs is 1. The van der Waals surface area contributed by atoms with Gasteiger partial charge in [0.1, 0.15) is 5.58 Å². The summed E-state index contributed by atoms with van der Waals surface area (Å²) in [4.78, 5) is 29.3. The number of ether oxygens (including phenoxy) is 1. The summed E-state index contributed by atoms with van der Waals surface area (Å²) in [7, 11) is -4.06. The van der Waals surface area contributed by atoms with Gasteiger partial charge in [0, 0.05) is 19.7 Å². The van der Waals surface area contributed by atoms with Gasteiger partial charge >= 0.3 is 0 Å². The lowest BCUT2D eigenvalue weighted by Gasteiger charge is -2.29. The van der Waals surface area contributed by atoms with E-state index in [1.807, 2.05) is 62.4 Å². The predicted octanol–water partition coefficient (Wildman–Crippen LogP) is 5.43. The molecule has 0 N–H and O–H groups in total.